The summed E-state index contributed by atoms with van der Waals surface area (Å²) in [6.45, 7) is 1.28. The minimum atomic E-state index is 0.233. The predicted octanol–water partition coefficient (Wildman–Crippen LogP) is 2.43. The molecule has 5 heteroatoms. The van der Waals surface area contributed by atoms with Gasteiger partial charge in [0.2, 0.25) is 0 Å². The van der Waals surface area contributed by atoms with Crippen molar-refractivity contribution >= 4 is 27.7 Å². The van der Waals surface area contributed by atoms with Gasteiger partial charge in [0.25, 0.3) is 0 Å². The van der Waals surface area contributed by atoms with Crippen LogP contribution in [0, 0.1) is 11.3 Å². The second kappa shape index (κ2) is 5.54. The fourth-order valence-corrected chi connectivity index (χ4v) is 4.45. The molecule has 16 heavy (non-hydrogen) atoms. The molecule has 0 radical (unpaired) electrons. The molecule has 1 saturated heterocycles. The van der Waals surface area contributed by atoms with Crippen LogP contribution in [0.15, 0.2) is 9.39 Å². The second-order valence-corrected chi connectivity index (χ2v) is 6.34. The van der Waals surface area contributed by atoms with Gasteiger partial charge < -0.3 is 5.11 Å². The maximum Gasteiger partial charge on any atom is 0.107 e. The van der Waals surface area contributed by atoms with Crippen LogP contribution in [0.3, 0.4) is 0 Å². The lowest BCUT2D eigenvalue weighted by Gasteiger charge is -2.38. The third kappa shape index (κ3) is 2.45. The van der Waals surface area contributed by atoms with Gasteiger partial charge in [0.15, 0.2) is 0 Å². The highest BCUT2D eigenvalue weighted by Gasteiger charge is 2.33. The summed E-state index contributed by atoms with van der Waals surface area (Å²) in [5, 5.41) is 18.7. The van der Waals surface area contributed by atoms with E-state index in [9.17, 15) is 5.11 Å². The minimum Gasteiger partial charge on any atom is -0.395 e. The first-order chi connectivity index (χ1) is 7.76. The minimum absolute atomic E-state index is 0.233. The van der Waals surface area contributed by atoms with Gasteiger partial charge in [-0.2, -0.15) is 5.26 Å². The van der Waals surface area contributed by atoms with Crippen molar-refractivity contribution < 1.29 is 5.11 Å². The van der Waals surface area contributed by atoms with Crippen molar-refractivity contribution in [2.75, 3.05) is 13.2 Å². The molecule has 2 aliphatic rings. The zero-order valence-corrected chi connectivity index (χ0v) is 11.4. The largest absolute Gasteiger partial charge is 0.395 e. The summed E-state index contributed by atoms with van der Waals surface area (Å²) in [5.74, 6) is 0. The average molecular weight is 303 g/mol. The van der Waals surface area contributed by atoms with Crippen molar-refractivity contribution in [2.45, 2.75) is 37.1 Å². The molecular formula is C11H15BrN2OS. The lowest BCUT2D eigenvalue weighted by Crippen LogP contribution is -2.46. The number of allylic oxidation sites excluding steroid dienone is 1. The Bertz CT molecular complexity index is 339. The molecule has 1 N–H and O–H groups in total. The van der Waals surface area contributed by atoms with E-state index in [1.807, 2.05) is 0 Å². The van der Waals surface area contributed by atoms with E-state index in [-0.39, 0.29) is 12.6 Å². The highest BCUT2D eigenvalue weighted by molar-refractivity contribution is 9.11. The summed E-state index contributed by atoms with van der Waals surface area (Å²) in [5.41, 5.74) is 0. The highest BCUT2D eigenvalue weighted by Crippen LogP contribution is 2.43. The van der Waals surface area contributed by atoms with Crippen LogP contribution in [0.25, 0.3) is 0 Å². The standard InChI is InChI=1S/C11H15BrN2OS/c12-9-5-11(16-10(9)6-13)14-4-2-1-3-8(14)7-15/h8,11,15H,1-5,7H2. The van der Waals surface area contributed by atoms with Gasteiger partial charge in [-0.1, -0.05) is 34.1 Å². The topological polar surface area (TPSA) is 47.3 Å². The molecule has 0 spiro atoms. The fourth-order valence-electron chi connectivity index (χ4n) is 2.36. The quantitative estimate of drug-likeness (QED) is 0.851. The molecule has 2 atom stereocenters. The number of nitriles is 1. The van der Waals surface area contributed by atoms with Crippen LogP contribution in [0.5, 0.6) is 0 Å². The van der Waals surface area contributed by atoms with Crippen LogP contribution in [-0.4, -0.2) is 34.6 Å². The van der Waals surface area contributed by atoms with E-state index in [0.717, 1.165) is 28.8 Å². The molecule has 2 unspecified atom stereocenters. The first kappa shape index (κ1) is 12.4. The van der Waals surface area contributed by atoms with Gasteiger partial charge in [0.05, 0.1) is 16.9 Å². The van der Waals surface area contributed by atoms with Gasteiger partial charge in [-0.05, 0) is 19.4 Å². The maximum atomic E-state index is 9.37. The van der Waals surface area contributed by atoms with Crippen LogP contribution < -0.4 is 0 Å². The van der Waals surface area contributed by atoms with Crippen LogP contribution in [-0.2, 0) is 0 Å². The number of nitrogens with zero attached hydrogens (tertiary/aromatic N) is 2. The third-order valence-corrected chi connectivity index (χ3v) is 5.47. The number of halogens is 1. The molecule has 3 nitrogen and oxygen atoms in total. The van der Waals surface area contributed by atoms with Gasteiger partial charge >= 0.3 is 0 Å². The Morgan fingerprint density at radius 3 is 3.00 bits per heavy atom. The highest BCUT2D eigenvalue weighted by atomic mass is 79.9. The van der Waals surface area contributed by atoms with Crippen molar-refractivity contribution in [1.82, 2.24) is 4.90 Å². The third-order valence-electron chi connectivity index (χ3n) is 3.21. The molecule has 2 aliphatic heterocycles. The molecule has 0 aliphatic carbocycles. The zero-order chi connectivity index (χ0) is 11.5. The van der Waals surface area contributed by atoms with E-state index in [2.05, 4.69) is 26.9 Å². The van der Waals surface area contributed by atoms with Crippen LogP contribution in [0.2, 0.25) is 0 Å². The number of likely N-dealkylation sites (tertiary alicyclic amines) is 1. The van der Waals surface area contributed by atoms with E-state index in [1.165, 1.54) is 12.8 Å². The molecule has 0 aromatic carbocycles. The van der Waals surface area contributed by atoms with E-state index >= 15 is 0 Å². The van der Waals surface area contributed by atoms with Gasteiger partial charge in [-0.15, -0.1) is 0 Å². The van der Waals surface area contributed by atoms with Crippen LogP contribution in [0.4, 0.5) is 0 Å². The Hall–Kier alpha value is -0.0200. The summed E-state index contributed by atoms with van der Waals surface area (Å²) in [4.78, 5) is 3.16. The first-order valence-corrected chi connectivity index (χ1v) is 7.25. The monoisotopic (exact) mass is 302 g/mol. The molecule has 0 aromatic heterocycles. The van der Waals surface area contributed by atoms with Crippen molar-refractivity contribution in [2.24, 2.45) is 0 Å². The van der Waals surface area contributed by atoms with Gasteiger partial charge in [0.1, 0.15) is 6.07 Å². The molecule has 0 aromatic rings. The molecule has 0 saturated carbocycles. The zero-order valence-electron chi connectivity index (χ0n) is 9.03. The lowest BCUT2D eigenvalue weighted by atomic mass is 10.0. The number of piperidine rings is 1. The first-order valence-electron chi connectivity index (χ1n) is 5.58. The van der Waals surface area contributed by atoms with E-state index in [4.69, 9.17) is 5.26 Å². The van der Waals surface area contributed by atoms with E-state index < -0.39 is 0 Å². The number of thioether (sulfide) groups is 1. The number of hydrogen-bond donors (Lipinski definition) is 1. The summed E-state index contributed by atoms with van der Waals surface area (Å²) in [6.07, 6.45) is 4.38. The molecule has 1 fully saturated rings. The number of aliphatic hydroxyl groups excluding tert-OH is 1. The molecule has 2 rings (SSSR count). The summed E-state index contributed by atoms with van der Waals surface area (Å²) in [7, 11) is 0. The van der Waals surface area contributed by atoms with Gasteiger partial charge in [-0.3, -0.25) is 4.90 Å². The smallest absolute Gasteiger partial charge is 0.107 e. The molecule has 0 amide bonds. The Labute approximate surface area is 109 Å². The molecule has 2 heterocycles. The number of aliphatic hydroxyl groups is 1. The van der Waals surface area contributed by atoms with E-state index in [0.29, 0.717) is 5.37 Å². The summed E-state index contributed by atoms with van der Waals surface area (Å²) < 4.78 is 1.02. The van der Waals surface area contributed by atoms with Crippen molar-refractivity contribution in [3.63, 3.8) is 0 Å². The second-order valence-electron chi connectivity index (χ2n) is 4.19. The molecule has 0 bridgehead atoms. The predicted molar refractivity (Wildman–Crippen MR) is 69.0 cm³/mol. The average Bonchev–Trinajstić information content (AvgIpc) is 2.70. The Kier molecular flexibility index (Phi) is 4.31. The summed E-state index contributed by atoms with van der Waals surface area (Å²) >= 11 is 5.09. The Balaban J connectivity index is 2.02. The Morgan fingerprint density at radius 2 is 2.38 bits per heavy atom. The van der Waals surface area contributed by atoms with Crippen molar-refractivity contribution in [1.29, 1.82) is 5.26 Å². The van der Waals surface area contributed by atoms with Crippen LogP contribution >= 0.6 is 27.7 Å². The normalized spacial score (nSPS) is 31.8. The fraction of sp³-hybridized carbons (Fsp3) is 0.727. The molecule has 88 valence electrons. The van der Waals surface area contributed by atoms with Crippen molar-refractivity contribution in [3.8, 4) is 6.07 Å². The lowest BCUT2D eigenvalue weighted by molar-refractivity contribution is 0.0822. The number of rotatable bonds is 2. The van der Waals surface area contributed by atoms with Crippen molar-refractivity contribution in [3.05, 3.63) is 9.39 Å². The summed E-state index contributed by atoms with van der Waals surface area (Å²) in [6, 6.07) is 2.50. The SMILES string of the molecule is N#CC1=C(Br)CC(N2CCCCC2CO)S1. The van der Waals surface area contributed by atoms with Gasteiger partial charge in [-0.25, -0.2) is 0 Å². The Morgan fingerprint density at radius 1 is 1.56 bits per heavy atom. The van der Waals surface area contributed by atoms with Gasteiger partial charge in [0, 0.05) is 16.9 Å². The maximum absolute atomic E-state index is 9.37. The molecular weight excluding hydrogens is 288 g/mol. The number of hydrogen-bond acceptors (Lipinski definition) is 4. The van der Waals surface area contributed by atoms with E-state index in [1.54, 1.807) is 11.8 Å². The van der Waals surface area contributed by atoms with Crippen LogP contribution in [0.1, 0.15) is 25.7 Å².